The van der Waals surface area contributed by atoms with Crippen molar-refractivity contribution in [2.45, 2.75) is 52.4 Å². The summed E-state index contributed by atoms with van der Waals surface area (Å²) in [4.78, 5) is 14.0. The van der Waals surface area contributed by atoms with Gasteiger partial charge in [-0.15, -0.1) is 5.92 Å². The third-order valence-corrected chi connectivity index (χ3v) is 2.96. The van der Waals surface area contributed by atoms with Crippen LogP contribution in [0.1, 0.15) is 34.6 Å². The Bertz CT molecular complexity index is 379. The second kappa shape index (κ2) is 7.51. The topological polar surface area (TPSA) is 50.8 Å². The van der Waals surface area contributed by atoms with Crippen LogP contribution >= 0.6 is 0 Å². The first-order valence-corrected chi connectivity index (χ1v) is 7.05. The third-order valence-electron chi connectivity index (χ3n) is 2.96. The van der Waals surface area contributed by atoms with Gasteiger partial charge in [-0.25, -0.2) is 4.79 Å². The molecule has 114 valence electrons. The maximum Gasteiger partial charge on any atom is 0.407 e. The maximum absolute atomic E-state index is 11.7. The van der Waals surface area contributed by atoms with Gasteiger partial charge >= 0.3 is 6.09 Å². The van der Waals surface area contributed by atoms with Gasteiger partial charge in [0.1, 0.15) is 5.60 Å². The molecule has 20 heavy (non-hydrogen) atoms. The SMILES string of the molecule is CC#CCN1CCO[C@H]([C@H](C)NC(=O)OC(C)(C)C)C1. The van der Waals surface area contributed by atoms with E-state index in [0.717, 1.165) is 19.6 Å². The summed E-state index contributed by atoms with van der Waals surface area (Å²) in [5.41, 5.74) is -0.486. The standard InChI is InChI=1S/C15H26N2O3/c1-6-7-8-17-9-10-19-13(11-17)12(2)16-14(18)20-15(3,4)5/h12-13H,8-11H2,1-5H3,(H,16,18)/t12-,13-/m0/s1. The fourth-order valence-electron chi connectivity index (χ4n) is 1.95. The minimum Gasteiger partial charge on any atom is -0.444 e. The van der Waals surface area contributed by atoms with Crippen LogP contribution in [-0.2, 0) is 9.47 Å². The van der Waals surface area contributed by atoms with E-state index in [1.165, 1.54) is 0 Å². The fraction of sp³-hybridized carbons (Fsp3) is 0.800. The zero-order valence-corrected chi connectivity index (χ0v) is 13.2. The summed E-state index contributed by atoms with van der Waals surface area (Å²) in [7, 11) is 0. The highest BCUT2D eigenvalue weighted by molar-refractivity contribution is 5.68. The minimum absolute atomic E-state index is 0.0325. The van der Waals surface area contributed by atoms with Crippen LogP contribution in [0.3, 0.4) is 0 Å². The molecule has 5 nitrogen and oxygen atoms in total. The zero-order chi connectivity index (χ0) is 15.2. The lowest BCUT2D eigenvalue weighted by Gasteiger charge is -2.35. The molecule has 0 unspecified atom stereocenters. The molecule has 0 spiro atoms. The van der Waals surface area contributed by atoms with Gasteiger partial charge in [0.05, 0.1) is 25.3 Å². The molecule has 1 rings (SSSR count). The predicted molar refractivity (Wildman–Crippen MR) is 78.5 cm³/mol. The molecule has 1 heterocycles. The normalized spacial score (nSPS) is 21.6. The van der Waals surface area contributed by atoms with Gasteiger partial charge in [-0.1, -0.05) is 5.92 Å². The highest BCUT2D eigenvalue weighted by Crippen LogP contribution is 2.11. The van der Waals surface area contributed by atoms with Crippen LogP contribution in [0.2, 0.25) is 0 Å². The summed E-state index contributed by atoms with van der Waals surface area (Å²) in [6.07, 6.45) is -0.436. The number of ether oxygens (including phenoxy) is 2. The lowest BCUT2D eigenvalue weighted by atomic mass is 10.1. The zero-order valence-electron chi connectivity index (χ0n) is 13.2. The van der Waals surface area contributed by atoms with E-state index in [0.29, 0.717) is 6.61 Å². The van der Waals surface area contributed by atoms with Crippen molar-refractivity contribution in [1.29, 1.82) is 0 Å². The third kappa shape index (κ3) is 6.27. The Labute approximate surface area is 122 Å². The van der Waals surface area contributed by atoms with Crippen LogP contribution in [-0.4, -0.2) is 55.0 Å². The van der Waals surface area contributed by atoms with Crippen molar-refractivity contribution in [1.82, 2.24) is 10.2 Å². The first kappa shape index (κ1) is 16.8. The van der Waals surface area contributed by atoms with Gasteiger partial charge in [0.2, 0.25) is 0 Å². The number of rotatable bonds is 3. The number of carbonyl (C=O) groups is 1. The van der Waals surface area contributed by atoms with Crippen molar-refractivity contribution in [3.63, 3.8) is 0 Å². The quantitative estimate of drug-likeness (QED) is 0.799. The number of morpholine rings is 1. The number of nitrogens with one attached hydrogen (secondary N) is 1. The highest BCUT2D eigenvalue weighted by atomic mass is 16.6. The van der Waals surface area contributed by atoms with Crippen LogP contribution in [0.25, 0.3) is 0 Å². The molecule has 5 heteroatoms. The molecule has 1 saturated heterocycles. The molecule has 2 atom stereocenters. The average Bonchev–Trinajstić information content (AvgIpc) is 2.34. The molecule has 1 aliphatic heterocycles. The molecule has 0 aliphatic carbocycles. The molecule has 0 saturated carbocycles. The van der Waals surface area contributed by atoms with Crippen molar-refractivity contribution < 1.29 is 14.3 Å². The monoisotopic (exact) mass is 282 g/mol. The van der Waals surface area contributed by atoms with Gasteiger partial charge in [0.25, 0.3) is 0 Å². The number of alkyl carbamates (subject to hydrolysis) is 1. The fourth-order valence-corrected chi connectivity index (χ4v) is 1.95. The smallest absolute Gasteiger partial charge is 0.407 e. The minimum atomic E-state index is -0.486. The van der Waals surface area contributed by atoms with Crippen molar-refractivity contribution in [2.24, 2.45) is 0 Å². The lowest BCUT2D eigenvalue weighted by molar-refractivity contribution is -0.0410. The van der Waals surface area contributed by atoms with E-state index in [2.05, 4.69) is 22.1 Å². The first-order valence-electron chi connectivity index (χ1n) is 7.05. The Kier molecular flexibility index (Phi) is 6.31. The summed E-state index contributed by atoms with van der Waals surface area (Å²) >= 11 is 0. The number of hydrogen-bond donors (Lipinski definition) is 1. The van der Waals surface area contributed by atoms with E-state index >= 15 is 0 Å². The van der Waals surface area contributed by atoms with Crippen LogP contribution in [0.5, 0.6) is 0 Å². The Balaban J connectivity index is 2.43. The van der Waals surface area contributed by atoms with E-state index in [4.69, 9.17) is 9.47 Å². The molecule has 0 aromatic rings. The molecular formula is C15H26N2O3. The molecule has 0 aromatic heterocycles. The van der Waals surface area contributed by atoms with Gasteiger partial charge in [-0.05, 0) is 34.6 Å². The van der Waals surface area contributed by atoms with Gasteiger partial charge in [0.15, 0.2) is 0 Å². The number of hydrogen-bond acceptors (Lipinski definition) is 4. The largest absolute Gasteiger partial charge is 0.444 e. The van der Waals surface area contributed by atoms with Gasteiger partial charge in [0, 0.05) is 13.1 Å². The molecule has 0 radical (unpaired) electrons. The van der Waals surface area contributed by atoms with Crippen LogP contribution < -0.4 is 5.32 Å². The Morgan fingerprint density at radius 3 is 2.85 bits per heavy atom. The van der Waals surface area contributed by atoms with Gasteiger partial charge < -0.3 is 14.8 Å². The number of carbonyl (C=O) groups excluding carboxylic acids is 1. The van der Waals surface area contributed by atoms with E-state index < -0.39 is 11.7 Å². The molecule has 0 aromatic carbocycles. The maximum atomic E-state index is 11.7. The summed E-state index contributed by atoms with van der Waals surface area (Å²) in [6, 6.07) is -0.0952. The van der Waals surface area contributed by atoms with E-state index in [1.54, 1.807) is 0 Å². The molecular weight excluding hydrogens is 256 g/mol. The van der Waals surface area contributed by atoms with E-state index in [9.17, 15) is 4.79 Å². The van der Waals surface area contributed by atoms with Crippen molar-refractivity contribution in [2.75, 3.05) is 26.2 Å². The highest BCUT2D eigenvalue weighted by Gasteiger charge is 2.27. The van der Waals surface area contributed by atoms with Crippen molar-refractivity contribution in [3.05, 3.63) is 0 Å². The average molecular weight is 282 g/mol. The van der Waals surface area contributed by atoms with Gasteiger partial charge in [-0.3, -0.25) is 4.90 Å². The molecule has 1 N–H and O–H groups in total. The predicted octanol–water partition coefficient (Wildman–Crippen LogP) is 1.62. The van der Waals surface area contributed by atoms with Crippen LogP contribution in [0.15, 0.2) is 0 Å². The molecule has 1 fully saturated rings. The summed E-state index contributed by atoms with van der Waals surface area (Å²) in [5, 5.41) is 2.83. The van der Waals surface area contributed by atoms with E-state index in [-0.39, 0.29) is 12.1 Å². The second-order valence-electron chi connectivity index (χ2n) is 6.01. The van der Waals surface area contributed by atoms with E-state index in [1.807, 2.05) is 34.6 Å². The summed E-state index contributed by atoms with van der Waals surface area (Å²) in [5.74, 6) is 5.95. The number of nitrogens with zero attached hydrogens (tertiary/aromatic N) is 1. The Morgan fingerprint density at radius 1 is 1.55 bits per heavy atom. The Hall–Kier alpha value is -1.25. The van der Waals surface area contributed by atoms with Crippen LogP contribution in [0, 0.1) is 11.8 Å². The summed E-state index contributed by atoms with van der Waals surface area (Å²) in [6.45, 7) is 12.4. The Morgan fingerprint density at radius 2 is 2.25 bits per heavy atom. The number of amides is 1. The second-order valence-corrected chi connectivity index (χ2v) is 6.01. The summed E-state index contributed by atoms with van der Waals surface area (Å²) < 4.78 is 11.0. The molecule has 0 bridgehead atoms. The van der Waals surface area contributed by atoms with Crippen molar-refractivity contribution >= 4 is 6.09 Å². The lowest BCUT2D eigenvalue weighted by Crippen LogP contribution is -2.52. The molecule has 1 amide bonds. The molecule has 1 aliphatic rings. The van der Waals surface area contributed by atoms with Crippen LogP contribution in [0.4, 0.5) is 4.79 Å². The first-order chi connectivity index (χ1) is 9.31. The van der Waals surface area contributed by atoms with Crippen molar-refractivity contribution in [3.8, 4) is 11.8 Å². The van der Waals surface area contributed by atoms with Gasteiger partial charge in [-0.2, -0.15) is 0 Å².